The zero-order valence-corrected chi connectivity index (χ0v) is 13.9. The average Bonchev–Trinajstić information content (AvgIpc) is 2.71. The molecule has 0 bridgehead atoms. The van der Waals surface area contributed by atoms with Gasteiger partial charge in [0, 0.05) is 17.7 Å². The Hall–Kier alpha value is -1.60. The van der Waals surface area contributed by atoms with Gasteiger partial charge in [-0.05, 0) is 58.0 Å². The van der Waals surface area contributed by atoms with E-state index in [1.807, 2.05) is 42.5 Å². The molecule has 0 amide bonds. The van der Waals surface area contributed by atoms with Gasteiger partial charge >= 0.3 is 5.69 Å². The summed E-state index contributed by atoms with van der Waals surface area (Å²) in [7, 11) is 3.49. The maximum Gasteiger partial charge on any atom is 0.328 e. The Labute approximate surface area is 135 Å². The minimum atomic E-state index is -0.695. The van der Waals surface area contributed by atoms with Crippen LogP contribution < -0.4 is 5.69 Å². The van der Waals surface area contributed by atoms with Crippen LogP contribution in [0.15, 0.2) is 47.3 Å². The molecule has 4 nitrogen and oxygen atoms in total. The van der Waals surface area contributed by atoms with Gasteiger partial charge in [-0.25, -0.2) is 4.79 Å². The lowest BCUT2D eigenvalue weighted by molar-refractivity contribution is 0.220. The highest BCUT2D eigenvalue weighted by Gasteiger charge is 2.14. The van der Waals surface area contributed by atoms with Crippen LogP contribution in [0.4, 0.5) is 0 Å². The van der Waals surface area contributed by atoms with E-state index in [1.54, 1.807) is 23.2 Å². The normalized spacial score (nSPS) is 12.8. The van der Waals surface area contributed by atoms with Crippen LogP contribution in [-0.2, 0) is 14.1 Å². The molecule has 0 aliphatic carbocycles. The fourth-order valence-corrected chi connectivity index (χ4v) is 3.13. The Balaban J connectivity index is 2.13. The minimum Gasteiger partial charge on any atom is -0.384 e. The van der Waals surface area contributed by atoms with Crippen LogP contribution in [0.3, 0.4) is 0 Å². The number of rotatable bonds is 2. The van der Waals surface area contributed by atoms with Crippen molar-refractivity contribution in [2.75, 3.05) is 0 Å². The molecule has 0 aliphatic heterocycles. The van der Waals surface area contributed by atoms with Crippen molar-refractivity contribution in [1.82, 2.24) is 9.13 Å². The SMILES string of the molecule is Cn1c(=O)n(C)c2cc(C(O)c3cccc(I)c3)ccc21. The lowest BCUT2D eigenvalue weighted by Crippen LogP contribution is -2.19. The van der Waals surface area contributed by atoms with Crippen molar-refractivity contribution >= 4 is 33.6 Å². The number of halogens is 1. The number of nitrogens with zero attached hydrogens (tertiary/aromatic N) is 2. The maximum absolute atomic E-state index is 11.9. The highest BCUT2D eigenvalue weighted by molar-refractivity contribution is 14.1. The van der Waals surface area contributed by atoms with E-state index in [1.165, 1.54) is 0 Å². The molecule has 0 fully saturated rings. The molecule has 21 heavy (non-hydrogen) atoms. The van der Waals surface area contributed by atoms with E-state index in [2.05, 4.69) is 22.6 Å². The number of aliphatic hydroxyl groups is 1. The smallest absolute Gasteiger partial charge is 0.328 e. The molecular formula is C16H15IN2O2. The van der Waals surface area contributed by atoms with Crippen molar-refractivity contribution in [2.24, 2.45) is 14.1 Å². The van der Waals surface area contributed by atoms with Crippen LogP contribution in [0.25, 0.3) is 11.0 Å². The lowest BCUT2D eigenvalue weighted by atomic mass is 10.0. The van der Waals surface area contributed by atoms with Gasteiger partial charge in [-0.1, -0.05) is 18.2 Å². The van der Waals surface area contributed by atoms with Crippen molar-refractivity contribution in [2.45, 2.75) is 6.10 Å². The van der Waals surface area contributed by atoms with Gasteiger partial charge in [0.1, 0.15) is 6.10 Å². The third-order valence-electron chi connectivity index (χ3n) is 3.78. The van der Waals surface area contributed by atoms with Crippen LogP contribution in [0, 0.1) is 3.57 Å². The van der Waals surface area contributed by atoms with Crippen LogP contribution in [0.5, 0.6) is 0 Å². The van der Waals surface area contributed by atoms with Gasteiger partial charge < -0.3 is 5.11 Å². The Kier molecular flexibility index (Phi) is 3.62. The fourth-order valence-electron chi connectivity index (χ4n) is 2.56. The van der Waals surface area contributed by atoms with Gasteiger partial charge in [0.25, 0.3) is 0 Å². The average molecular weight is 394 g/mol. The summed E-state index contributed by atoms with van der Waals surface area (Å²) in [6, 6.07) is 13.4. The van der Waals surface area contributed by atoms with Crippen LogP contribution >= 0.6 is 22.6 Å². The van der Waals surface area contributed by atoms with Gasteiger partial charge in [0.2, 0.25) is 0 Å². The van der Waals surface area contributed by atoms with Crippen molar-refractivity contribution in [1.29, 1.82) is 0 Å². The van der Waals surface area contributed by atoms with E-state index in [-0.39, 0.29) is 5.69 Å². The van der Waals surface area contributed by atoms with Gasteiger partial charge in [0.15, 0.2) is 0 Å². The number of fused-ring (bicyclic) bond motifs is 1. The highest BCUT2D eigenvalue weighted by Crippen LogP contribution is 2.25. The molecule has 3 rings (SSSR count). The van der Waals surface area contributed by atoms with E-state index in [0.29, 0.717) is 0 Å². The summed E-state index contributed by atoms with van der Waals surface area (Å²) in [5, 5.41) is 10.5. The number of hydrogen-bond acceptors (Lipinski definition) is 2. The first-order chi connectivity index (χ1) is 9.99. The fraction of sp³-hybridized carbons (Fsp3) is 0.188. The standard InChI is InChI=1S/C16H15IN2O2/c1-18-13-7-6-11(9-14(13)19(2)16(18)21)15(20)10-4-3-5-12(17)8-10/h3-9,15,20H,1-2H3. The first-order valence-corrected chi connectivity index (χ1v) is 7.66. The molecule has 3 aromatic rings. The van der Waals surface area contributed by atoms with E-state index in [9.17, 15) is 9.90 Å². The molecule has 1 unspecified atom stereocenters. The molecule has 2 aromatic carbocycles. The second kappa shape index (κ2) is 5.31. The maximum atomic E-state index is 11.9. The Morgan fingerprint density at radius 3 is 2.38 bits per heavy atom. The zero-order valence-electron chi connectivity index (χ0n) is 11.7. The largest absolute Gasteiger partial charge is 0.384 e. The zero-order chi connectivity index (χ0) is 15.1. The van der Waals surface area contributed by atoms with Gasteiger partial charge in [-0.2, -0.15) is 0 Å². The number of aryl methyl sites for hydroxylation is 2. The topological polar surface area (TPSA) is 47.2 Å². The monoisotopic (exact) mass is 394 g/mol. The van der Waals surface area contributed by atoms with Crippen LogP contribution in [0.2, 0.25) is 0 Å². The first-order valence-electron chi connectivity index (χ1n) is 6.58. The molecule has 5 heteroatoms. The quantitative estimate of drug-likeness (QED) is 0.680. The Morgan fingerprint density at radius 2 is 1.67 bits per heavy atom. The van der Waals surface area contributed by atoms with Crippen LogP contribution in [-0.4, -0.2) is 14.2 Å². The summed E-state index contributed by atoms with van der Waals surface area (Å²) in [5.41, 5.74) is 3.25. The predicted octanol–water partition coefficient (Wildman–Crippen LogP) is 2.56. The van der Waals surface area contributed by atoms with Crippen molar-refractivity contribution < 1.29 is 5.11 Å². The van der Waals surface area contributed by atoms with E-state index < -0.39 is 6.10 Å². The lowest BCUT2D eigenvalue weighted by Gasteiger charge is -2.12. The van der Waals surface area contributed by atoms with E-state index in [4.69, 9.17) is 0 Å². The van der Waals surface area contributed by atoms with Crippen molar-refractivity contribution in [3.63, 3.8) is 0 Å². The summed E-state index contributed by atoms with van der Waals surface area (Å²) in [6.45, 7) is 0. The highest BCUT2D eigenvalue weighted by atomic mass is 127. The minimum absolute atomic E-state index is 0.0640. The number of hydrogen-bond donors (Lipinski definition) is 1. The number of imidazole rings is 1. The summed E-state index contributed by atoms with van der Waals surface area (Å²) < 4.78 is 4.29. The molecule has 0 spiro atoms. The van der Waals surface area contributed by atoms with Gasteiger partial charge in [-0.3, -0.25) is 9.13 Å². The molecule has 1 heterocycles. The number of benzene rings is 2. The second-order valence-electron chi connectivity index (χ2n) is 5.11. The summed E-state index contributed by atoms with van der Waals surface area (Å²) >= 11 is 2.23. The first kappa shape index (κ1) is 14.3. The molecule has 0 aliphatic rings. The Bertz CT molecular complexity index is 880. The number of aromatic nitrogens is 2. The Morgan fingerprint density at radius 1 is 1.00 bits per heavy atom. The van der Waals surface area contributed by atoms with Crippen molar-refractivity contribution in [3.05, 3.63) is 67.6 Å². The molecule has 1 N–H and O–H groups in total. The van der Waals surface area contributed by atoms with E-state index >= 15 is 0 Å². The molecule has 108 valence electrons. The third kappa shape index (κ3) is 2.40. The molecule has 1 atom stereocenters. The summed E-state index contributed by atoms with van der Waals surface area (Å²) in [6.07, 6.45) is -0.695. The van der Waals surface area contributed by atoms with Gasteiger partial charge in [0.05, 0.1) is 11.0 Å². The molecular weight excluding hydrogens is 379 g/mol. The molecule has 0 saturated heterocycles. The van der Waals surface area contributed by atoms with Gasteiger partial charge in [-0.15, -0.1) is 0 Å². The van der Waals surface area contributed by atoms with E-state index in [0.717, 1.165) is 25.7 Å². The number of aliphatic hydroxyl groups excluding tert-OH is 1. The third-order valence-corrected chi connectivity index (χ3v) is 4.45. The molecule has 0 saturated carbocycles. The molecule has 0 radical (unpaired) electrons. The van der Waals surface area contributed by atoms with Crippen LogP contribution in [0.1, 0.15) is 17.2 Å². The summed E-state index contributed by atoms with van der Waals surface area (Å²) in [4.78, 5) is 11.9. The van der Waals surface area contributed by atoms with Crippen molar-refractivity contribution in [3.8, 4) is 0 Å². The molecule has 1 aromatic heterocycles. The predicted molar refractivity (Wildman–Crippen MR) is 91.4 cm³/mol. The summed E-state index contributed by atoms with van der Waals surface area (Å²) in [5.74, 6) is 0. The second-order valence-corrected chi connectivity index (χ2v) is 6.35.